The van der Waals surface area contributed by atoms with Crippen molar-refractivity contribution >= 4 is 39.5 Å². The van der Waals surface area contributed by atoms with Gasteiger partial charge in [0.05, 0.1) is 10.5 Å². The van der Waals surface area contributed by atoms with E-state index >= 15 is 0 Å². The van der Waals surface area contributed by atoms with Crippen LogP contribution >= 0.6 is 22.9 Å². The van der Waals surface area contributed by atoms with Crippen molar-refractivity contribution in [2.75, 3.05) is 5.32 Å². The van der Waals surface area contributed by atoms with Gasteiger partial charge in [-0.25, -0.2) is 0 Å². The number of nitrogens with one attached hydrogen (secondary N) is 1. The molecule has 0 aliphatic heterocycles. The number of halogens is 1. The quantitative estimate of drug-likeness (QED) is 0.744. The zero-order valence-electron chi connectivity index (χ0n) is 10.5. The highest BCUT2D eigenvalue weighted by molar-refractivity contribution is 7.11. The number of anilines is 1. The summed E-state index contributed by atoms with van der Waals surface area (Å²) in [4.78, 5) is 6.99. The predicted molar refractivity (Wildman–Crippen MR) is 83.1 cm³/mol. The molecular formula is C15H13ClN2S. The zero-order valence-corrected chi connectivity index (χ0v) is 12.1. The fourth-order valence-electron chi connectivity index (χ4n) is 2.05. The molecule has 0 spiro atoms. The first-order valence-corrected chi connectivity index (χ1v) is 7.26. The molecule has 4 heteroatoms. The van der Waals surface area contributed by atoms with E-state index in [0.29, 0.717) is 5.02 Å². The number of fused-ring (bicyclic) bond motifs is 1. The molecule has 96 valence electrons. The van der Waals surface area contributed by atoms with Crippen LogP contribution < -0.4 is 5.32 Å². The zero-order chi connectivity index (χ0) is 13.2. The molecule has 3 aromatic rings. The fourth-order valence-corrected chi connectivity index (χ4v) is 3.10. The topological polar surface area (TPSA) is 24.9 Å². The number of thiophene rings is 1. The fraction of sp³-hybridized carbons (Fsp3) is 0.133. The third kappa shape index (κ3) is 2.57. The van der Waals surface area contributed by atoms with E-state index in [-0.39, 0.29) is 0 Å². The minimum atomic E-state index is 0.688. The van der Waals surface area contributed by atoms with Crippen molar-refractivity contribution in [2.24, 2.45) is 0 Å². The van der Waals surface area contributed by atoms with E-state index in [4.69, 9.17) is 11.6 Å². The maximum atomic E-state index is 6.16. The Labute approximate surface area is 121 Å². The van der Waals surface area contributed by atoms with Crippen molar-refractivity contribution in [2.45, 2.75) is 13.5 Å². The van der Waals surface area contributed by atoms with Gasteiger partial charge in [0.1, 0.15) is 0 Å². The Bertz CT molecular complexity index is 721. The SMILES string of the molecule is Cc1ccc(CNc2ccc(Cl)c3ncccc23)s1. The van der Waals surface area contributed by atoms with Crippen molar-refractivity contribution < 1.29 is 0 Å². The van der Waals surface area contributed by atoms with Crippen molar-refractivity contribution in [3.05, 3.63) is 57.4 Å². The average molecular weight is 289 g/mol. The van der Waals surface area contributed by atoms with Crippen LogP contribution in [0.5, 0.6) is 0 Å². The van der Waals surface area contributed by atoms with Gasteiger partial charge in [0.2, 0.25) is 0 Å². The van der Waals surface area contributed by atoms with E-state index < -0.39 is 0 Å². The first-order chi connectivity index (χ1) is 9.24. The minimum Gasteiger partial charge on any atom is -0.380 e. The van der Waals surface area contributed by atoms with Crippen molar-refractivity contribution in [3.8, 4) is 0 Å². The Morgan fingerprint density at radius 1 is 1.21 bits per heavy atom. The lowest BCUT2D eigenvalue weighted by atomic mass is 10.2. The van der Waals surface area contributed by atoms with Crippen LogP contribution in [0.3, 0.4) is 0 Å². The molecule has 3 rings (SSSR count). The molecule has 0 unspecified atom stereocenters. The summed E-state index contributed by atoms with van der Waals surface area (Å²) >= 11 is 7.97. The summed E-state index contributed by atoms with van der Waals surface area (Å²) in [7, 11) is 0. The summed E-state index contributed by atoms with van der Waals surface area (Å²) < 4.78 is 0. The van der Waals surface area contributed by atoms with Gasteiger partial charge in [0.15, 0.2) is 0 Å². The number of benzene rings is 1. The van der Waals surface area contributed by atoms with Gasteiger partial charge in [-0.15, -0.1) is 11.3 Å². The lowest BCUT2D eigenvalue weighted by Gasteiger charge is -2.09. The highest BCUT2D eigenvalue weighted by Crippen LogP contribution is 2.28. The maximum absolute atomic E-state index is 6.16. The molecule has 2 nitrogen and oxygen atoms in total. The van der Waals surface area contributed by atoms with E-state index in [1.165, 1.54) is 9.75 Å². The largest absolute Gasteiger partial charge is 0.380 e. The summed E-state index contributed by atoms with van der Waals surface area (Å²) in [5, 5.41) is 5.20. The third-order valence-electron chi connectivity index (χ3n) is 2.97. The standard InChI is InChI=1S/C15H13ClN2S/c1-10-4-5-11(19-10)9-18-14-7-6-13(16)15-12(14)3-2-8-17-15/h2-8,18H,9H2,1H3. The molecule has 1 N–H and O–H groups in total. The molecule has 1 aromatic carbocycles. The lowest BCUT2D eigenvalue weighted by molar-refractivity contribution is 1.20. The predicted octanol–water partition coefficient (Wildman–Crippen LogP) is 4.87. The number of nitrogens with zero attached hydrogens (tertiary/aromatic N) is 1. The molecule has 0 atom stereocenters. The second kappa shape index (κ2) is 5.19. The molecule has 19 heavy (non-hydrogen) atoms. The molecule has 0 saturated carbocycles. The summed E-state index contributed by atoms with van der Waals surface area (Å²) in [6.45, 7) is 2.94. The second-order valence-electron chi connectivity index (χ2n) is 4.36. The van der Waals surface area contributed by atoms with Crippen LogP contribution in [0.4, 0.5) is 5.69 Å². The van der Waals surface area contributed by atoms with E-state index in [1.807, 2.05) is 35.6 Å². The van der Waals surface area contributed by atoms with Gasteiger partial charge >= 0.3 is 0 Å². The van der Waals surface area contributed by atoms with Crippen molar-refractivity contribution in [3.63, 3.8) is 0 Å². The molecule has 0 aliphatic rings. The maximum Gasteiger partial charge on any atom is 0.0908 e. The summed E-state index contributed by atoms with van der Waals surface area (Å²) in [6, 6.07) is 12.2. The Kier molecular flexibility index (Phi) is 3.40. The highest BCUT2D eigenvalue weighted by atomic mass is 35.5. The normalized spacial score (nSPS) is 10.8. The van der Waals surface area contributed by atoms with Crippen LogP contribution in [0.15, 0.2) is 42.6 Å². The Morgan fingerprint density at radius 3 is 2.89 bits per heavy atom. The number of pyridine rings is 1. The van der Waals surface area contributed by atoms with Crippen molar-refractivity contribution in [1.29, 1.82) is 0 Å². The number of rotatable bonds is 3. The molecule has 0 bridgehead atoms. The molecule has 0 fully saturated rings. The van der Waals surface area contributed by atoms with Crippen LogP contribution in [0, 0.1) is 6.92 Å². The molecule has 0 radical (unpaired) electrons. The summed E-state index contributed by atoms with van der Waals surface area (Å²) in [6.07, 6.45) is 1.76. The molecule has 0 saturated heterocycles. The van der Waals surface area contributed by atoms with Crippen LogP contribution in [-0.2, 0) is 6.54 Å². The first kappa shape index (κ1) is 12.5. The molecular weight excluding hydrogens is 276 g/mol. The third-order valence-corrected chi connectivity index (χ3v) is 4.28. The van der Waals surface area contributed by atoms with Gasteiger partial charge in [0.25, 0.3) is 0 Å². The minimum absolute atomic E-state index is 0.688. The first-order valence-electron chi connectivity index (χ1n) is 6.06. The van der Waals surface area contributed by atoms with Gasteiger partial charge in [-0.3, -0.25) is 4.98 Å². The Hall–Kier alpha value is -1.58. The van der Waals surface area contributed by atoms with E-state index in [2.05, 4.69) is 29.4 Å². The van der Waals surface area contributed by atoms with Crippen LogP contribution in [0.2, 0.25) is 5.02 Å². The Morgan fingerprint density at radius 2 is 2.11 bits per heavy atom. The second-order valence-corrected chi connectivity index (χ2v) is 6.14. The molecule has 0 amide bonds. The van der Waals surface area contributed by atoms with Gasteiger partial charge in [-0.1, -0.05) is 11.6 Å². The van der Waals surface area contributed by atoms with Gasteiger partial charge in [0, 0.05) is 33.6 Å². The molecule has 2 aromatic heterocycles. The van der Waals surface area contributed by atoms with Crippen molar-refractivity contribution in [1.82, 2.24) is 4.98 Å². The monoisotopic (exact) mass is 288 g/mol. The summed E-state index contributed by atoms with van der Waals surface area (Å²) in [5.41, 5.74) is 1.91. The van der Waals surface area contributed by atoms with E-state index in [9.17, 15) is 0 Å². The smallest absolute Gasteiger partial charge is 0.0908 e. The van der Waals surface area contributed by atoms with Crippen LogP contribution in [0.1, 0.15) is 9.75 Å². The molecule has 2 heterocycles. The van der Waals surface area contributed by atoms with Crippen LogP contribution in [-0.4, -0.2) is 4.98 Å². The van der Waals surface area contributed by atoms with Crippen LogP contribution in [0.25, 0.3) is 10.9 Å². The van der Waals surface area contributed by atoms with E-state index in [1.54, 1.807) is 6.20 Å². The number of hydrogen-bond acceptors (Lipinski definition) is 3. The number of aryl methyl sites for hydroxylation is 1. The number of hydrogen-bond donors (Lipinski definition) is 1. The Balaban J connectivity index is 1.91. The highest BCUT2D eigenvalue weighted by Gasteiger charge is 2.05. The molecule has 0 aliphatic carbocycles. The van der Waals surface area contributed by atoms with E-state index in [0.717, 1.165) is 23.1 Å². The van der Waals surface area contributed by atoms with Gasteiger partial charge in [-0.05, 0) is 43.3 Å². The lowest BCUT2D eigenvalue weighted by Crippen LogP contribution is -1.98. The number of aromatic nitrogens is 1. The summed E-state index contributed by atoms with van der Waals surface area (Å²) in [5.74, 6) is 0. The average Bonchev–Trinajstić information content (AvgIpc) is 2.84. The van der Waals surface area contributed by atoms with Gasteiger partial charge < -0.3 is 5.32 Å². The van der Waals surface area contributed by atoms with Gasteiger partial charge in [-0.2, -0.15) is 0 Å².